The van der Waals surface area contributed by atoms with Crippen molar-refractivity contribution in [3.05, 3.63) is 33.8 Å². The average molecular weight is 314 g/mol. The van der Waals surface area contributed by atoms with Gasteiger partial charge in [-0.05, 0) is 49.9 Å². The Bertz CT molecular complexity index is 493. The Morgan fingerprint density at radius 3 is 2.75 bits per heavy atom. The summed E-state index contributed by atoms with van der Waals surface area (Å²) in [4.78, 5) is 2.55. The molecule has 2 unspecified atom stereocenters. The fourth-order valence-corrected chi connectivity index (χ4v) is 4.43. The molecule has 0 radical (unpaired) electrons. The normalized spacial score (nSPS) is 33.6. The van der Waals surface area contributed by atoms with E-state index in [1.54, 1.807) is 7.11 Å². The molecule has 110 valence electrons. The molecule has 2 aliphatic heterocycles. The molecule has 1 aromatic carbocycles. The second-order valence-electron chi connectivity index (χ2n) is 6.10. The van der Waals surface area contributed by atoms with Gasteiger partial charge in [0, 0.05) is 25.1 Å². The van der Waals surface area contributed by atoms with Crippen LogP contribution in [0.1, 0.15) is 30.7 Å². The molecule has 0 spiro atoms. The molecule has 0 N–H and O–H groups in total. The van der Waals surface area contributed by atoms with Crippen molar-refractivity contribution in [2.45, 2.75) is 37.3 Å². The number of halogens is 2. The van der Waals surface area contributed by atoms with Gasteiger partial charge in [-0.1, -0.05) is 29.3 Å². The first-order chi connectivity index (χ1) is 9.61. The lowest BCUT2D eigenvalue weighted by molar-refractivity contribution is 0.0405. The van der Waals surface area contributed by atoms with Crippen LogP contribution in [0.2, 0.25) is 10.0 Å². The third-order valence-corrected chi connectivity index (χ3v) is 5.90. The molecule has 2 bridgehead atoms. The first-order valence-corrected chi connectivity index (χ1v) is 8.03. The summed E-state index contributed by atoms with van der Waals surface area (Å²) in [6, 6.07) is 7.43. The lowest BCUT2D eigenvalue weighted by atomic mass is 9.76. The van der Waals surface area contributed by atoms with Gasteiger partial charge in [-0.15, -0.1) is 0 Å². The summed E-state index contributed by atoms with van der Waals surface area (Å²) < 4.78 is 5.50. The third kappa shape index (κ3) is 2.48. The highest BCUT2D eigenvalue weighted by Gasteiger charge is 2.45. The summed E-state index contributed by atoms with van der Waals surface area (Å²) in [5.74, 6) is 1.07. The Kier molecular flexibility index (Phi) is 4.28. The zero-order chi connectivity index (χ0) is 14.3. The molecule has 0 amide bonds. The molecular formula is C16H21Cl2NO. The van der Waals surface area contributed by atoms with Crippen LogP contribution >= 0.6 is 23.2 Å². The summed E-state index contributed by atoms with van der Waals surface area (Å²) in [7, 11) is 4.06. The van der Waals surface area contributed by atoms with Gasteiger partial charge in [-0.3, -0.25) is 0 Å². The molecule has 0 aliphatic carbocycles. The first kappa shape index (κ1) is 14.6. The average Bonchev–Trinajstić information content (AvgIpc) is 2.67. The minimum Gasteiger partial charge on any atom is -0.384 e. The Balaban J connectivity index is 1.92. The molecule has 4 atom stereocenters. The Labute approximate surface area is 131 Å². The van der Waals surface area contributed by atoms with E-state index >= 15 is 0 Å². The van der Waals surface area contributed by atoms with Crippen LogP contribution in [-0.4, -0.2) is 37.7 Å². The van der Waals surface area contributed by atoms with Crippen LogP contribution in [0.5, 0.6) is 0 Å². The number of hydrogen-bond donors (Lipinski definition) is 0. The molecule has 2 nitrogen and oxygen atoms in total. The summed E-state index contributed by atoms with van der Waals surface area (Å²) in [6.45, 7) is 0.812. The number of hydrogen-bond acceptors (Lipinski definition) is 2. The van der Waals surface area contributed by atoms with Crippen LogP contribution in [0.4, 0.5) is 0 Å². The summed E-state index contributed by atoms with van der Waals surface area (Å²) in [5.41, 5.74) is 1.31. The van der Waals surface area contributed by atoms with E-state index < -0.39 is 0 Å². The molecule has 4 heteroatoms. The molecule has 2 aliphatic rings. The largest absolute Gasteiger partial charge is 0.384 e. The molecule has 2 heterocycles. The first-order valence-electron chi connectivity index (χ1n) is 7.27. The summed E-state index contributed by atoms with van der Waals surface area (Å²) in [5, 5.41) is 1.29. The van der Waals surface area contributed by atoms with Crippen LogP contribution in [0.25, 0.3) is 0 Å². The maximum Gasteiger partial charge on any atom is 0.0595 e. The second-order valence-corrected chi connectivity index (χ2v) is 6.91. The van der Waals surface area contributed by atoms with Gasteiger partial charge in [0.15, 0.2) is 0 Å². The number of methoxy groups -OCH3 is 1. The molecule has 3 rings (SSSR count). The molecule has 2 saturated heterocycles. The standard InChI is InChI=1S/C16H21Cl2NO/c1-19-11-4-6-16(19)13(9-20-2)12(8-11)10-3-5-14(17)15(18)7-10/h3,5,7,11-13,16H,4,6,8-9H2,1-2H3/t11?,12-,13-,16?/m1/s1. The van der Waals surface area contributed by atoms with Crippen molar-refractivity contribution < 1.29 is 4.74 Å². The van der Waals surface area contributed by atoms with Crippen molar-refractivity contribution in [3.63, 3.8) is 0 Å². The van der Waals surface area contributed by atoms with Crippen LogP contribution in [0.3, 0.4) is 0 Å². The maximum atomic E-state index is 6.20. The van der Waals surface area contributed by atoms with Crippen LogP contribution < -0.4 is 0 Å². The smallest absolute Gasteiger partial charge is 0.0595 e. The molecule has 1 aromatic rings. The molecule has 20 heavy (non-hydrogen) atoms. The van der Waals surface area contributed by atoms with Gasteiger partial charge in [-0.25, -0.2) is 0 Å². The van der Waals surface area contributed by atoms with Crippen molar-refractivity contribution in [2.24, 2.45) is 5.92 Å². The van der Waals surface area contributed by atoms with Crippen molar-refractivity contribution in [3.8, 4) is 0 Å². The Morgan fingerprint density at radius 1 is 1.25 bits per heavy atom. The third-order valence-electron chi connectivity index (χ3n) is 5.16. The Morgan fingerprint density at radius 2 is 2.05 bits per heavy atom. The van der Waals surface area contributed by atoms with E-state index in [-0.39, 0.29) is 0 Å². The van der Waals surface area contributed by atoms with Crippen LogP contribution in [-0.2, 0) is 4.74 Å². The Hall–Kier alpha value is -0.280. The number of ether oxygens (including phenoxy) is 1. The predicted octanol–water partition coefficient (Wildman–Crippen LogP) is 4.21. The SMILES string of the molecule is COC[C@H]1C2CCC(C[C@@H]1c1ccc(Cl)c(Cl)c1)N2C. The zero-order valence-corrected chi connectivity index (χ0v) is 13.5. The van der Waals surface area contributed by atoms with Gasteiger partial charge in [0.25, 0.3) is 0 Å². The minimum absolute atomic E-state index is 0.526. The van der Waals surface area contributed by atoms with Gasteiger partial charge in [-0.2, -0.15) is 0 Å². The lowest BCUT2D eigenvalue weighted by Gasteiger charge is -2.43. The van der Waals surface area contributed by atoms with Gasteiger partial charge >= 0.3 is 0 Å². The number of rotatable bonds is 3. The van der Waals surface area contributed by atoms with E-state index in [2.05, 4.69) is 18.0 Å². The van der Waals surface area contributed by atoms with Crippen LogP contribution in [0, 0.1) is 5.92 Å². The van der Waals surface area contributed by atoms with Crippen molar-refractivity contribution in [1.29, 1.82) is 0 Å². The highest BCUT2D eigenvalue weighted by atomic mass is 35.5. The van der Waals surface area contributed by atoms with Gasteiger partial charge in [0.05, 0.1) is 16.7 Å². The van der Waals surface area contributed by atoms with Gasteiger partial charge < -0.3 is 9.64 Å². The fraction of sp³-hybridized carbons (Fsp3) is 0.625. The minimum atomic E-state index is 0.526. The monoisotopic (exact) mass is 313 g/mol. The fourth-order valence-electron chi connectivity index (χ4n) is 4.12. The van der Waals surface area contributed by atoms with Crippen molar-refractivity contribution in [1.82, 2.24) is 4.90 Å². The van der Waals surface area contributed by atoms with E-state index in [9.17, 15) is 0 Å². The number of piperidine rings is 1. The van der Waals surface area contributed by atoms with Gasteiger partial charge in [0.1, 0.15) is 0 Å². The van der Waals surface area contributed by atoms with Gasteiger partial charge in [0.2, 0.25) is 0 Å². The van der Waals surface area contributed by atoms with E-state index in [1.165, 1.54) is 24.8 Å². The predicted molar refractivity (Wildman–Crippen MR) is 83.8 cm³/mol. The maximum absolute atomic E-state index is 6.20. The summed E-state index contributed by atoms with van der Waals surface area (Å²) >= 11 is 12.2. The molecule has 0 aromatic heterocycles. The molecule has 2 fully saturated rings. The lowest BCUT2D eigenvalue weighted by Crippen LogP contribution is -2.47. The molecular weight excluding hydrogens is 293 g/mol. The van der Waals surface area contributed by atoms with E-state index in [1.807, 2.05) is 12.1 Å². The zero-order valence-electron chi connectivity index (χ0n) is 12.0. The highest BCUT2D eigenvalue weighted by Crippen LogP contribution is 2.46. The molecule has 0 saturated carbocycles. The topological polar surface area (TPSA) is 12.5 Å². The number of fused-ring (bicyclic) bond motifs is 2. The number of benzene rings is 1. The van der Waals surface area contributed by atoms with Crippen LogP contribution in [0.15, 0.2) is 18.2 Å². The second kappa shape index (κ2) is 5.84. The van der Waals surface area contributed by atoms with E-state index in [0.29, 0.717) is 34.0 Å². The summed E-state index contributed by atoms with van der Waals surface area (Å²) in [6.07, 6.45) is 3.78. The highest BCUT2D eigenvalue weighted by molar-refractivity contribution is 6.42. The quantitative estimate of drug-likeness (QED) is 0.829. The number of nitrogens with zero attached hydrogens (tertiary/aromatic N) is 1. The van der Waals surface area contributed by atoms with E-state index in [4.69, 9.17) is 27.9 Å². The van der Waals surface area contributed by atoms with E-state index in [0.717, 1.165) is 6.61 Å². The van der Waals surface area contributed by atoms with Crippen molar-refractivity contribution >= 4 is 23.2 Å². The van der Waals surface area contributed by atoms with Crippen molar-refractivity contribution in [2.75, 3.05) is 20.8 Å².